The molecule has 2 atom stereocenters. The Kier molecular flexibility index (Phi) is 6.71. The standard InChI is InChI=1S/C23H31N3O3S/c1-16-7-6-14-26(15-16)20-12-10-19(11-13-20)18(3)24-23(27)21-8-5-9-22(17(21)2)25-30(4,28)29/h5,8-13,16,18,25H,6-7,14-15H2,1-4H3,(H,24,27)/t16-,18+/m1/s1. The molecule has 0 spiro atoms. The molecule has 1 amide bonds. The number of sulfonamides is 1. The monoisotopic (exact) mass is 429 g/mol. The van der Waals surface area contributed by atoms with Gasteiger partial charge in [0.1, 0.15) is 0 Å². The molecule has 1 aliphatic rings. The molecule has 7 heteroatoms. The number of benzene rings is 2. The predicted molar refractivity (Wildman–Crippen MR) is 123 cm³/mol. The lowest BCUT2D eigenvalue weighted by molar-refractivity contribution is 0.0939. The lowest BCUT2D eigenvalue weighted by atomic mass is 9.99. The van der Waals surface area contributed by atoms with Crippen molar-refractivity contribution in [2.75, 3.05) is 29.0 Å². The van der Waals surface area contributed by atoms with Crippen LogP contribution in [0.2, 0.25) is 0 Å². The van der Waals surface area contributed by atoms with Crippen LogP contribution in [0.1, 0.15) is 54.2 Å². The third-order valence-corrected chi connectivity index (χ3v) is 6.23. The Morgan fingerprint density at radius 1 is 1.17 bits per heavy atom. The molecule has 1 fully saturated rings. The number of carbonyl (C=O) groups is 1. The average molecular weight is 430 g/mol. The number of anilines is 2. The molecule has 2 aromatic rings. The zero-order valence-electron chi connectivity index (χ0n) is 18.1. The van der Waals surface area contributed by atoms with Crippen LogP contribution in [-0.2, 0) is 10.0 Å². The van der Waals surface area contributed by atoms with Crippen LogP contribution in [-0.4, -0.2) is 33.7 Å². The minimum atomic E-state index is -3.41. The van der Waals surface area contributed by atoms with Crippen molar-refractivity contribution in [2.24, 2.45) is 5.92 Å². The van der Waals surface area contributed by atoms with Crippen LogP contribution in [0.5, 0.6) is 0 Å². The first kappa shape index (κ1) is 22.2. The second-order valence-corrected chi connectivity index (χ2v) is 10.1. The van der Waals surface area contributed by atoms with E-state index in [1.54, 1.807) is 25.1 Å². The maximum atomic E-state index is 12.8. The Labute approximate surface area is 179 Å². The fraction of sp³-hybridized carbons (Fsp3) is 0.435. The molecule has 0 saturated carbocycles. The van der Waals surface area contributed by atoms with Crippen LogP contribution in [0.15, 0.2) is 42.5 Å². The largest absolute Gasteiger partial charge is 0.371 e. The van der Waals surface area contributed by atoms with Crippen LogP contribution < -0.4 is 14.9 Å². The second-order valence-electron chi connectivity index (χ2n) is 8.33. The molecule has 0 radical (unpaired) electrons. The lowest BCUT2D eigenvalue weighted by Gasteiger charge is -2.33. The zero-order chi connectivity index (χ0) is 21.9. The summed E-state index contributed by atoms with van der Waals surface area (Å²) >= 11 is 0. The van der Waals surface area contributed by atoms with Crippen molar-refractivity contribution in [1.82, 2.24) is 5.32 Å². The topological polar surface area (TPSA) is 78.5 Å². The molecule has 1 aliphatic heterocycles. The number of amides is 1. The van der Waals surface area contributed by atoms with E-state index in [2.05, 4.69) is 46.1 Å². The molecule has 0 aliphatic carbocycles. The van der Waals surface area contributed by atoms with E-state index in [9.17, 15) is 13.2 Å². The summed E-state index contributed by atoms with van der Waals surface area (Å²) in [5.41, 5.74) is 3.72. The second kappa shape index (κ2) is 9.08. The van der Waals surface area contributed by atoms with E-state index in [0.29, 0.717) is 22.7 Å². The summed E-state index contributed by atoms with van der Waals surface area (Å²) in [4.78, 5) is 15.2. The molecular weight excluding hydrogens is 398 g/mol. The Bertz CT molecular complexity index is 1000. The van der Waals surface area contributed by atoms with Gasteiger partial charge in [-0.15, -0.1) is 0 Å². The van der Waals surface area contributed by atoms with E-state index in [1.807, 2.05) is 6.92 Å². The molecule has 3 rings (SSSR count). The van der Waals surface area contributed by atoms with E-state index in [-0.39, 0.29) is 11.9 Å². The van der Waals surface area contributed by atoms with Crippen molar-refractivity contribution in [3.05, 3.63) is 59.2 Å². The number of carbonyl (C=O) groups excluding carboxylic acids is 1. The minimum absolute atomic E-state index is 0.169. The summed E-state index contributed by atoms with van der Waals surface area (Å²) in [5, 5.41) is 3.02. The van der Waals surface area contributed by atoms with Gasteiger partial charge in [0.05, 0.1) is 18.0 Å². The fourth-order valence-electron chi connectivity index (χ4n) is 3.95. The number of nitrogens with zero attached hydrogens (tertiary/aromatic N) is 1. The van der Waals surface area contributed by atoms with Crippen molar-refractivity contribution < 1.29 is 13.2 Å². The predicted octanol–water partition coefficient (Wildman–Crippen LogP) is 4.09. The minimum Gasteiger partial charge on any atom is -0.371 e. The summed E-state index contributed by atoms with van der Waals surface area (Å²) in [7, 11) is -3.41. The molecule has 1 heterocycles. The fourth-order valence-corrected chi connectivity index (χ4v) is 4.57. The molecule has 0 bridgehead atoms. The van der Waals surface area contributed by atoms with Crippen LogP contribution >= 0.6 is 0 Å². The van der Waals surface area contributed by atoms with Gasteiger partial charge in [-0.25, -0.2) is 8.42 Å². The summed E-state index contributed by atoms with van der Waals surface area (Å²) in [6.07, 6.45) is 3.61. The maximum absolute atomic E-state index is 12.8. The number of hydrogen-bond donors (Lipinski definition) is 2. The van der Waals surface area contributed by atoms with Gasteiger partial charge in [0.15, 0.2) is 0 Å². The van der Waals surface area contributed by atoms with Crippen molar-refractivity contribution >= 4 is 27.3 Å². The molecule has 2 N–H and O–H groups in total. The van der Waals surface area contributed by atoms with Gasteiger partial charge in [0.2, 0.25) is 10.0 Å². The molecule has 6 nitrogen and oxygen atoms in total. The third-order valence-electron chi connectivity index (χ3n) is 5.64. The van der Waals surface area contributed by atoms with Crippen molar-refractivity contribution in [2.45, 2.75) is 39.7 Å². The highest BCUT2D eigenvalue weighted by atomic mass is 32.2. The SMILES string of the molecule is Cc1c(NS(C)(=O)=O)cccc1C(=O)N[C@@H](C)c1ccc(N2CCC[C@@H](C)C2)cc1. The maximum Gasteiger partial charge on any atom is 0.252 e. The Balaban J connectivity index is 1.69. The Morgan fingerprint density at radius 3 is 2.50 bits per heavy atom. The van der Waals surface area contributed by atoms with E-state index in [4.69, 9.17) is 0 Å². The lowest BCUT2D eigenvalue weighted by Crippen LogP contribution is -2.34. The smallest absolute Gasteiger partial charge is 0.252 e. The summed E-state index contributed by atoms with van der Waals surface area (Å²) in [5.74, 6) is 0.485. The first-order valence-electron chi connectivity index (χ1n) is 10.4. The van der Waals surface area contributed by atoms with E-state index in [0.717, 1.165) is 24.9 Å². The number of nitrogens with one attached hydrogen (secondary N) is 2. The van der Waals surface area contributed by atoms with Gasteiger partial charge in [-0.05, 0) is 68.0 Å². The Hall–Kier alpha value is -2.54. The first-order chi connectivity index (χ1) is 14.1. The molecule has 0 aromatic heterocycles. The normalized spacial score (nSPS) is 18.0. The molecule has 1 saturated heterocycles. The van der Waals surface area contributed by atoms with Gasteiger partial charge in [-0.2, -0.15) is 0 Å². The van der Waals surface area contributed by atoms with Gasteiger partial charge in [-0.1, -0.05) is 25.1 Å². The first-order valence-corrected chi connectivity index (χ1v) is 12.3. The van der Waals surface area contributed by atoms with Crippen LogP contribution in [0.3, 0.4) is 0 Å². The number of rotatable bonds is 6. The summed E-state index contributed by atoms with van der Waals surface area (Å²) in [6.45, 7) is 8.15. The van der Waals surface area contributed by atoms with Gasteiger partial charge < -0.3 is 10.2 Å². The van der Waals surface area contributed by atoms with E-state index >= 15 is 0 Å². The number of hydrogen-bond acceptors (Lipinski definition) is 4. The van der Waals surface area contributed by atoms with Crippen LogP contribution in [0, 0.1) is 12.8 Å². The van der Waals surface area contributed by atoms with Crippen molar-refractivity contribution in [1.29, 1.82) is 0 Å². The van der Waals surface area contributed by atoms with Gasteiger partial charge in [-0.3, -0.25) is 9.52 Å². The zero-order valence-corrected chi connectivity index (χ0v) is 18.9. The Morgan fingerprint density at radius 2 is 1.87 bits per heavy atom. The summed E-state index contributed by atoms with van der Waals surface area (Å²) in [6, 6.07) is 13.2. The van der Waals surface area contributed by atoms with E-state index in [1.165, 1.54) is 18.5 Å². The quantitative estimate of drug-likeness (QED) is 0.725. The molecule has 2 aromatic carbocycles. The van der Waals surface area contributed by atoms with Gasteiger partial charge in [0, 0.05) is 24.3 Å². The number of piperidine rings is 1. The summed E-state index contributed by atoms with van der Waals surface area (Å²) < 4.78 is 25.5. The van der Waals surface area contributed by atoms with Crippen LogP contribution in [0.4, 0.5) is 11.4 Å². The van der Waals surface area contributed by atoms with E-state index < -0.39 is 10.0 Å². The average Bonchev–Trinajstić information content (AvgIpc) is 2.68. The van der Waals surface area contributed by atoms with Crippen molar-refractivity contribution in [3.8, 4) is 0 Å². The van der Waals surface area contributed by atoms with Gasteiger partial charge >= 0.3 is 0 Å². The highest BCUT2D eigenvalue weighted by Crippen LogP contribution is 2.25. The molecule has 162 valence electrons. The van der Waals surface area contributed by atoms with Gasteiger partial charge in [0.25, 0.3) is 5.91 Å². The molecule has 0 unspecified atom stereocenters. The van der Waals surface area contributed by atoms with Crippen molar-refractivity contribution in [3.63, 3.8) is 0 Å². The highest BCUT2D eigenvalue weighted by Gasteiger charge is 2.18. The molecule has 30 heavy (non-hydrogen) atoms. The third kappa shape index (κ3) is 5.53. The molecular formula is C23H31N3O3S. The highest BCUT2D eigenvalue weighted by molar-refractivity contribution is 7.92. The van der Waals surface area contributed by atoms with Crippen LogP contribution in [0.25, 0.3) is 0 Å².